The Morgan fingerprint density at radius 2 is 0.733 bits per heavy atom. The molecule has 0 heterocycles. The monoisotopic (exact) mass is 438 g/mol. The molecule has 0 N–H and O–H groups in total. The molecule has 15 heavy (non-hydrogen) atoms. The molecule has 1 atom stereocenters. The average molecular weight is 439 g/mol. The Labute approximate surface area is 124 Å². The van der Waals surface area contributed by atoms with E-state index in [0.717, 1.165) is 19.3 Å². The first-order chi connectivity index (χ1) is 5.74. The number of halogens is 1. The summed E-state index contributed by atoms with van der Waals surface area (Å²) in [7, 11) is 0. The molecular weight excluding hydrogens is 408 g/mol. The summed E-state index contributed by atoms with van der Waals surface area (Å²) in [4.78, 5) is 0. The van der Waals surface area contributed by atoms with Gasteiger partial charge in [0.25, 0.3) is 0 Å². The minimum atomic E-state index is 0. The van der Waals surface area contributed by atoms with Gasteiger partial charge in [0, 0.05) is 0 Å². The van der Waals surface area contributed by atoms with Gasteiger partial charge in [-0.1, -0.05) is 40.0 Å². The third kappa shape index (κ3) is 141. The Morgan fingerprint density at radius 3 is 0.733 bits per heavy atom. The Kier molecular flexibility index (Phi) is 139. The van der Waals surface area contributed by atoms with Gasteiger partial charge in [-0.25, -0.2) is 0 Å². The van der Waals surface area contributed by atoms with Crippen LogP contribution in [0.15, 0.2) is 0 Å². The van der Waals surface area contributed by atoms with Crippen LogP contribution in [0.3, 0.4) is 0 Å². The fourth-order valence-corrected chi connectivity index (χ4v) is 0. The predicted octanol–water partition coefficient (Wildman–Crippen LogP) is 5.34. The summed E-state index contributed by atoms with van der Waals surface area (Å²) in [6, 6.07) is 0. The van der Waals surface area contributed by atoms with Crippen LogP contribution in [-0.2, 0) is 22.4 Å². The molecule has 0 saturated heterocycles. The molecule has 0 fully saturated rings. The van der Waals surface area contributed by atoms with E-state index in [1.165, 1.54) is 19.3 Å². The summed E-state index contributed by atoms with van der Waals surface area (Å²) in [5.41, 5.74) is 0. The second kappa shape index (κ2) is 58.1. The van der Waals surface area contributed by atoms with Gasteiger partial charge in [0.15, 0.2) is 0 Å². The van der Waals surface area contributed by atoms with Crippen LogP contribution in [0.2, 0.25) is 0 Å². The van der Waals surface area contributed by atoms with Crippen LogP contribution in [0.5, 0.6) is 0 Å². The van der Waals surface area contributed by atoms with Crippen molar-refractivity contribution in [3.8, 4) is 0 Å². The van der Waals surface area contributed by atoms with Gasteiger partial charge < -0.3 is 20.8 Å². The molecule has 0 radical (unpaired) electrons. The van der Waals surface area contributed by atoms with Gasteiger partial charge >= 0.3 is 22.4 Å². The number of unbranched alkanes of at least 4 members (excludes halogenated alkanes) is 3. The van der Waals surface area contributed by atoms with Crippen molar-refractivity contribution in [1.29, 1.82) is 0 Å². The van der Waals surface area contributed by atoms with Crippen molar-refractivity contribution in [3.63, 3.8) is 0 Å². The maximum atomic E-state index is 3.60. The van der Waals surface area contributed by atoms with Gasteiger partial charge in [0.05, 0.1) is 0 Å². The van der Waals surface area contributed by atoms with Crippen LogP contribution in [0.4, 0.5) is 0 Å². The predicted molar refractivity (Wildman–Crippen MR) is 79.1 cm³/mol. The van der Waals surface area contributed by atoms with Crippen molar-refractivity contribution in [3.05, 3.63) is 20.8 Å². The molecule has 0 aliphatic heterocycles. The van der Waals surface area contributed by atoms with Gasteiger partial charge in [-0.15, -0.1) is 12.4 Å². The van der Waals surface area contributed by atoms with Crippen molar-refractivity contribution < 1.29 is 22.4 Å². The third-order valence-corrected chi connectivity index (χ3v) is 1.06. The molecule has 3 heteroatoms. The zero-order valence-electron chi connectivity index (χ0n) is 10.8. The van der Waals surface area contributed by atoms with E-state index in [1.54, 1.807) is 0 Å². The summed E-state index contributed by atoms with van der Waals surface area (Å²) >= 11 is 0. The van der Waals surface area contributed by atoms with Gasteiger partial charge in [0.2, 0.25) is 0 Å². The smallest absolute Gasteiger partial charge is 0.343 e. The van der Waals surface area contributed by atoms with Gasteiger partial charge in [-0.2, -0.15) is 29.2 Å². The molecule has 0 saturated carbocycles. The molecule has 0 aromatic rings. The molecule has 0 aromatic carbocycles. The van der Waals surface area contributed by atoms with Crippen LogP contribution in [0.25, 0.3) is 0 Å². The molecule has 0 rings (SSSR count). The summed E-state index contributed by atoms with van der Waals surface area (Å²) < 4.78 is 0. The minimum absolute atomic E-state index is 0. The first-order valence-corrected chi connectivity index (χ1v) is 5.12. The second-order valence-electron chi connectivity index (χ2n) is 2.56. The standard InChI is InChI=1S/3C4H9.Au.ClH.H3P/c3*1-3-4-2;;;/h3*1,3-4H2,2H3;;1H;1H3/q3*-1;+3;;. The van der Waals surface area contributed by atoms with Crippen molar-refractivity contribution in [2.75, 3.05) is 0 Å². The topological polar surface area (TPSA) is 0 Å². The van der Waals surface area contributed by atoms with Crippen LogP contribution in [0.1, 0.15) is 59.3 Å². The first-order valence-electron chi connectivity index (χ1n) is 5.12. The van der Waals surface area contributed by atoms with Crippen molar-refractivity contribution in [1.82, 2.24) is 0 Å². The zero-order chi connectivity index (χ0) is 10.2. The van der Waals surface area contributed by atoms with E-state index in [0.29, 0.717) is 0 Å². The third-order valence-electron chi connectivity index (χ3n) is 1.06. The van der Waals surface area contributed by atoms with Gasteiger partial charge in [-0.05, 0) is 0 Å². The number of rotatable bonds is 3. The van der Waals surface area contributed by atoms with Crippen LogP contribution >= 0.6 is 22.3 Å². The van der Waals surface area contributed by atoms with Crippen LogP contribution in [-0.4, -0.2) is 0 Å². The van der Waals surface area contributed by atoms with Crippen molar-refractivity contribution in [2.24, 2.45) is 0 Å². The molecule has 0 amide bonds. The number of hydrogen-bond donors (Lipinski definition) is 0. The van der Waals surface area contributed by atoms with Crippen LogP contribution < -0.4 is 0 Å². The van der Waals surface area contributed by atoms with Gasteiger partial charge in [0.1, 0.15) is 0 Å². The van der Waals surface area contributed by atoms with Crippen molar-refractivity contribution in [2.45, 2.75) is 59.3 Å². The van der Waals surface area contributed by atoms with E-state index >= 15 is 0 Å². The summed E-state index contributed by atoms with van der Waals surface area (Å²) in [5.74, 6) is 0. The summed E-state index contributed by atoms with van der Waals surface area (Å²) in [6.45, 7) is 17.2. The Bertz CT molecular complexity index is 31.1. The molecular formula is C12H31AuClP. The van der Waals surface area contributed by atoms with E-state index in [1.807, 2.05) is 0 Å². The Hall–Kier alpha value is 1.46. The second-order valence-corrected chi connectivity index (χ2v) is 2.56. The molecule has 0 aromatic heterocycles. The van der Waals surface area contributed by atoms with E-state index < -0.39 is 0 Å². The van der Waals surface area contributed by atoms with E-state index in [9.17, 15) is 0 Å². The molecule has 1 unspecified atom stereocenters. The Balaban J connectivity index is -0.0000000184. The molecule has 0 aliphatic carbocycles. The number of hydrogen-bond acceptors (Lipinski definition) is 0. The van der Waals surface area contributed by atoms with E-state index in [4.69, 9.17) is 0 Å². The summed E-state index contributed by atoms with van der Waals surface area (Å²) in [5, 5.41) is 0. The maximum absolute atomic E-state index is 3.60. The largest absolute Gasteiger partial charge is 3.00 e. The normalized spacial score (nSPS) is 6.00. The molecule has 102 valence electrons. The maximum Gasteiger partial charge on any atom is 3.00 e. The van der Waals surface area contributed by atoms with Gasteiger partial charge in [-0.3, -0.25) is 0 Å². The molecule has 0 spiro atoms. The Morgan fingerprint density at radius 1 is 0.667 bits per heavy atom. The quantitative estimate of drug-likeness (QED) is 0.317. The SMILES string of the molecule is Cl.P.[Au+3].[CH2-]CCC.[CH2-]CCC.[CH2-]CCC. The van der Waals surface area contributed by atoms with Crippen molar-refractivity contribution >= 4 is 22.3 Å². The molecule has 0 aliphatic rings. The first kappa shape index (κ1) is 36.0. The average Bonchev–Trinajstić information content (AvgIpc) is 2.18. The van der Waals surface area contributed by atoms with E-state index in [-0.39, 0.29) is 44.7 Å². The summed E-state index contributed by atoms with van der Waals surface area (Å²) in [6.07, 6.45) is 6.83. The van der Waals surface area contributed by atoms with E-state index in [2.05, 4.69) is 41.5 Å². The fraction of sp³-hybridized carbons (Fsp3) is 0.750. The minimum Gasteiger partial charge on any atom is -0.343 e. The van der Waals surface area contributed by atoms with Crippen LogP contribution in [0, 0.1) is 20.8 Å². The fourth-order valence-electron chi connectivity index (χ4n) is 0. The molecule has 0 nitrogen and oxygen atoms in total. The molecule has 0 bridgehead atoms. The zero-order valence-corrected chi connectivity index (χ0v) is 15.2.